The molecule has 0 radical (unpaired) electrons. The van der Waals surface area contributed by atoms with E-state index in [2.05, 4.69) is 15.7 Å². The molecule has 1 aliphatic carbocycles. The number of nitrogen functional groups attached to an aromatic ring is 1. The summed E-state index contributed by atoms with van der Waals surface area (Å²) in [4.78, 5) is 12.3. The van der Waals surface area contributed by atoms with Crippen molar-refractivity contribution in [2.24, 2.45) is 0 Å². The largest absolute Gasteiger partial charge is 0.382 e. The van der Waals surface area contributed by atoms with E-state index in [0.717, 1.165) is 18.4 Å². The molecule has 0 unspecified atom stereocenters. The molecule has 8 heteroatoms. The molecule has 3 aromatic rings. The molecule has 0 spiro atoms. The summed E-state index contributed by atoms with van der Waals surface area (Å²) in [7, 11) is 0. The van der Waals surface area contributed by atoms with Crippen molar-refractivity contribution in [3.63, 3.8) is 0 Å². The molecule has 6 nitrogen and oxygen atoms in total. The number of urea groups is 1. The number of amides is 2. The van der Waals surface area contributed by atoms with Crippen LogP contribution >= 0.6 is 11.6 Å². The Morgan fingerprint density at radius 1 is 1.15 bits per heavy atom. The highest BCUT2D eigenvalue weighted by Crippen LogP contribution is 2.34. The number of carbonyl (C=O) groups excluding carboxylic acids is 1. The molecule has 1 aliphatic rings. The topological polar surface area (TPSA) is 85.0 Å². The number of hydrogen-bond acceptors (Lipinski definition) is 3. The highest BCUT2D eigenvalue weighted by Gasteiger charge is 2.25. The minimum atomic E-state index is -0.357. The second kappa shape index (κ2) is 6.92. The summed E-state index contributed by atoms with van der Waals surface area (Å²) in [5, 5.41) is 10.8. The van der Waals surface area contributed by atoms with E-state index in [9.17, 15) is 9.18 Å². The highest BCUT2D eigenvalue weighted by molar-refractivity contribution is 6.30. The Morgan fingerprint density at radius 2 is 1.81 bits per heavy atom. The van der Waals surface area contributed by atoms with Crippen molar-refractivity contribution >= 4 is 29.1 Å². The third kappa shape index (κ3) is 3.73. The van der Waals surface area contributed by atoms with Crippen LogP contribution in [0.15, 0.2) is 48.5 Å². The molecule has 4 N–H and O–H groups in total. The van der Waals surface area contributed by atoms with Crippen LogP contribution in [0.1, 0.15) is 12.8 Å². The van der Waals surface area contributed by atoms with Gasteiger partial charge in [0.05, 0.1) is 5.69 Å². The van der Waals surface area contributed by atoms with E-state index in [0.29, 0.717) is 22.1 Å². The molecule has 1 saturated carbocycles. The summed E-state index contributed by atoms with van der Waals surface area (Å²) in [6.07, 6.45) is 1.95. The van der Waals surface area contributed by atoms with Crippen LogP contribution in [0.25, 0.3) is 16.9 Å². The van der Waals surface area contributed by atoms with Gasteiger partial charge in [-0.15, -0.1) is 0 Å². The molecule has 138 valence electrons. The zero-order valence-electron chi connectivity index (χ0n) is 14.2. The monoisotopic (exact) mass is 385 g/mol. The summed E-state index contributed by atoms with van der Waals surface area (Å²) in [6.45, 7) is 0. The normalized spacial score (nSPS) is 13.4. The maximum Gasteiger partial charge on any atom is 0.319 e. The van der Waals surface area contributed by atoms with Gasteiger partial charge in [0.15, 0.2) is 5.82 Å². The molecule has 1 fully saturated rings. The van der Waals surface area contributed by atoms with Crippen LogP contribution in [0.2, 0.25) is 5.02 Å². The van der Waals surface area contributed by atoms with Crippen molar-refractivity contribution in [2.45, 2.75) is 18.9 Å². The molecule has 4 rings (SSSR count). The zero-order valence-corrected chi connectivity index (χ0v) is 15.0. The Kier molecular flexibility index (Phi) is 4.45. The smallest absolute Gasteiger partial charge is 0.319 e. The summed E-state index contributed by atoms with van der Waals surface area (Å²) < 4.78 is 14.7. The van der Waals surface area contributed by atoms with Gasteiger partial charge in [-0.1, -0.05) is 23.7 Å². The van der Waals surface area contributed by atoms with Gasteiger partial charge in [-0.25, -0.2) is 13.9 Å². The number of benzene rings is 2. The summed E-state index contributed by atoms with van der Waals surface area (Å²) in [6, 6.07) is 12.7. The van der Waals surface area contributed by atoms with Crippen molar-refractivity contribution in [2.75, 3.05) is 11.1 Å². The van der Waals surface area contributed by atoms with Gasteiger partial charge in [-0.3, -0.25) is 0 Å². The SMILES string of the molecule is Nc1c(NC(=O)NC2CC2)c(-c2ccc(Cl)cc2)nn1-c1ccc(F)cc1. The summed E-state index contributed by atoms with van der Waals surface area (Å²) >= 11 is 5.97. The summed E-state index contributed by atoms with van der Waals surface area (Å²) in [5.41, 5.74) is 8.49. The van der Waals surface area contributed by atoms with E-state index in [1.807, 2.05) is 0 Å². The van der Waals surface area contributed by atoms with Crippen molar-refractivity contribution in [1.82, 2.24) is 15.1 Å². The van der Waals surface area contributed by atoms with Crippen LogP contribution in [0.4, 0.5) is 20.7 Å². The van der Waals surface area contributed by atoms with Crippen molar-refractivity contribution in [1.29, 1.82) is 0 Å². The van der Waals surface area contributed by atoms with Gasteiger partial charge >= 0.3 is 6.03 Å². The van der Waals surface area contributed by atoms with E-state index >= 15 is 0 Å². The fraction of sp³-hybridized carbons (Fsp3) is 0.158. The molecule has 1 heterocycles. The average molecular weight is 386 g/mol. The Balaban J connectivity index is 1.76. The van der Waals surface area contributed by atoms with Gasteiger partial charge in [0.2, 0.25) is 0 Å². The number of halogens is 2. The minimum absolute atomic E-state index is 0.206. The number of nitrogens with two attached hydrogens (primary N) is 1. The molecule has 27 heavy (non-hydrogen) atoms. The Bertz CT molecular complexity index is 981. The fourth-order valence-corrected chi connectivity index (χ4v) is 2.83. The Hall–Kier alpha value is -3.06. The maximum atomic E-state index is 13.3. The number of hydrogen-bond donors (Lipinski definition) is 3. The van der Waals surface area contributed by atoms with Crippen LogP contribution in [0.5, 0.6) is 0 Å². The quantitative estimate of drug-likeness (QED) is 0.629. The molecule has 1 aromatic heterocycles. The standard InChI is InChI=1S/C19H17ClFN5O/c20-12-3-1-11(2-4-12)16-17(24-19(27)23-14-7-8-14)18(22)26(25-16)15-9-5-13(21)6-10-15/h1-6,9-10,14H,7-8,22H2,(H2,23,24,27). The van der Waals surface area contributed by atoms with Crippen molar-refractivity contribution < 1.29 is 9.18 Å². The average Bonchev–Trinajstić information content (AvgIpc) is 3.41. The first-order valence-electron chi connectivity index (χ1n) is 8.49. The first kappa shape index (κ1) is 17.4. The van der Waals surface area contributed by atoms with Crippen LogP contribution in [-0.4, -0.2) is 21.9 Å². The van der Waals surface area contributed by atoms with Crippen molar-refractivity contribution in [3.8, 4) is 16.9 Å². The lowest BCUT2D eigenvalue weighted by Crippen LogP contribution is -2.30. The van der Waals surface area contributed by atoms with Crippen LogP contribution in [0, 0.1) is 5.82 Å². The first-order valence-corrected chi connectivity index (χ1v) is 8.87. The van der Waals surface area contributed by atoms with E-state index < -0.39 is 0 Å². The number of anilines is 2. The number of nitrogens with zero attached hydrogens (tertiary/aromatic N) is 2. The Labute approximate surface area is 160 Å². The highest BCUT2D eigenvalue weighted by atomic mass is 35.5. The molecular weight excluding hydrogens is 369 g/mol. The molecular formula is C19H17ClFN5O. The maximum absolute atomic E-state index is 13.3. The van der Waals surface area contributed by atoms with E-state index in [1.165, 1.54) is 16.8 Å². The lowest BCUT2D eigenvalue weighted by Gasteiger charge is -2.08. The lowest BCUT2D eigenvalue weighted by molar-refractivity contribution is 0.251. The molecule has 2 aromatic carbocycles. The van der Waals surface area contributed by atoms with E-state index in [1.54, 1.807) is 36.4 Å². The molecule has 0 aliphatic heterocycles. The van der Waals surface area contributed by atoms with Crippen LogP contribution in [0.3, 0.4) is 0 Å². The number of aromatic nitrogens is 2. The Morgan fingerprint density at radius 3 is 2.44 bits per heavy atom. The first-order chi connectivity index (χ1) is 13.0. The van der Waals surface area contributed by atoms with Gasteiger partial charge in [-0.05, 0) is 49.2 Å². The molecule has 2 amide bonds. The van der Waals surface area contributed by atoms with Crippen LogP contribution < -0.4 is 16.4 Å². The van der Waals surface area contributed by atoms with Crippen LogP contribution in [-0.2, 0) is 0 Å². The van der Waals surface area contributed by atoms with E-state index in [4.69, 9.17) is 17.3 Å². The fourth-order valence-electron chi connectivity index (χ4n) is 2.71. The zero-order chi connectivity index (χ0) is 19.0. The molecule has 0 saturated heterocycles. The number of carbonyl (C=O) groups is 1. The predicted octanol–water partition coefficient (Wildman–Crippen LogP) is 4.20. The molecule has 0 atom stereocenters. The van der Waals surface area contributed by atoms with Gasteiger partial charge < -0.3 is 16.4 Å². The third-order valence-electron chi connectivity index (χ3n) is 4.26. The molecule has 0 bridgehead atoms. The lowest BCUT2D eigenvalue weighted by atomic mass is 10.1. The van der Waals surface area contributed by atoms with Gasteiger partial charge in [0.25, 0.3) is 0 Å². The second-order valence-corrected chi connectivity index (χ2v) is 6.81. The number of rotatable bonds is 4. The minimum Gasteiger partial charge on any atom is -0.382 e. The van der Waals surface area contributed by atoms with Gasteiger partial charge in [0, 0.05) is 16.6 Å². The van der Waals surface area contributed by atoms with Crippen molar-refractivity contribution in [3.05, 3.63) is 59.4 Å². The van der Waals surface area contributed by atoms with Gasteiger partial charge in [-0.2, -0.15) is 5.10 Å². The third-order valence-corrected chi connectivity index (χ3v) is 4.51. The predicted molar refractivity (Wildman–Crippen MR) is 104 cm³/mol. The number of nitrogens with one attached hydrogen (secondary N) is 2. The second-order valence-electron chi connectivity index (χ2n) is 6.38. The van der Waals surface area contributed by atoms with E-state index in [-0.39, 0.29) is 23.7 Å². The summed E-state index contributed by atoms with van der Waals surface area (Å²) in [5.74, 6) is -0.109. The van der Waals surface area contributed by atoms with Gasteiger partial charge in [0.1, 0.15) is 17.2 Å².